The summed E-state index contributed by atoms with van der Waals surface area (Å²) in [6.07, 6.45) is 0. The summed E-state index contributed by atoms with van der Waals surface area (Å²) in [6, 6.07) is 4.73. The molecular formula is C14H19ClFN3O. The Morgan fingerprint density at radius 3 is 2.85 bits per heavy atom. The smallest absolute Gasteiger partial charge is 0.236 e. The summed E-state index contributed by atoms with van der Waals surface area (Å²) >= 11 is 5.92. The molecule has 20 heavy (non-hydrogen) atoms. The lowest BCUT2D eigenvalue weighted by Gasteiger charge is -2.29. The van der Waals surface area contributed by atoms with Crippen molar-refractivity contribution in [2.45, 2.75) is 6.54 Å². The van der Waals surface area contributed by atoms with Crippen LogP contribution in [0, 0.1) is 5.82 Å². The number of likely N-dealkylation sites (N-methyl/N-ethyl adjacent to an activating group) is 1. The fourth-order valence-electron chi connectivity index (χ4n) is 2.26. The van der Waals surface area contributed by atoms with Crippen LogP contribution in [0.4, 0.5) is 4.39 Å². The van der Waals surface area contributed by atoms with Gasteiger partial charge in [-0.3, -0.25) is 9.69 Å². The maximum atomic E-state index is 13.4. The van der Waals surface area contributed by atoms with E-state index >= 15 is 0 Å². The van der Waals surface area contributed by atoms with Crippen molar-refractivity contribution in [3.63, 3.8) is 0 Å². The van der Waals surface area contributed by atoms with Crippen molar-refractivity contribution in [3.05, 3.63) is 34.6 Å². The number of rotatable bonds is 4. The molecule has 0 saturated carbocycles. The van der Waals surface area contributed by atoms with Crippen LogP contribution in [0.25, 0.3) is 0 Å². The number of carbonyl (C=O) groups is 1. The highest BCUT2D eigenvalue weighted by atomic mass is 35.5. The van der Waals surface area contributed by atoms with Gasteiger partial charge in [-0.05, 0) is 18.7 Å². The molecule has 110 valence electrons. The quantitative estimate of drug-likeness (QED) is 0.911. The molecule has 1 fully saturated rings. The van der Waals surface area contributed by atoms with Gasteiger partial charge in [0.15, 0.2) is 0 Å². The van der Waals surface area contributed by atoms with E-state index in [1.807, 2.05) is 16.8 Å². The third kappa shape index (κ3) is 3.91. The van der Waals surface area contributed by atoms with E-state index in [0.29, 0.717) is 18.7 Å². The van der Waals surface area contributed by atoms with Crippen LogP contribution in [0.2, 0.25) is 5.02 Å². The van der Waals surface area contributed by atoms with Gasteiger partial charge in [-0.15, -0.1) is 0 Å². The molecule has 1 aliphatic rings. The molecule has 1 aromatic carbocycles. The molecule has 1 saturated heterocycles. The molecule has 6 heteroatoms. The molecule has 0 unspecified atom stereocenters. The van der Waals surface area contributed by atoms with E-state index in [-0.39, 0.29) is 10.9 Å². The Balaban J connectivity index is 1.90. The summed E-state index contributed by atoms with van der Waals surface area (Å²) in [5.74, 6) is -0.326. The van der Waals surface area contributed by atoms with Gasteiger partial charge in [0, 0.05) is 32.7 Å². The average Bonchev–Trinajstić information content (AvgIpc) is 2.45. The summed E-state index contributed by atoms with van der Waals surface area (Å²) < 4.78 is 13.4. The molecular weight excluding hydrogens is 281 g/mol. The number of amides is 1. The molecule has 0 aromatic heterocycles. The predicted octanol–water partition coefficient (Wildman–Crippen LogP) is 1.34. The molecule has 1 N–H and O–H groups in total. The Morgan fingerprint density at radius 2 is 2.15 bits per heavy atom. The van der Waals surface area contributed by atoms with Crippen LogP contribution in [0.3, 0.4) is 0 Å². The highest BCUT2D eigenvalue weighted by Crippen LogP contribution is 2.20. The van der Waals surface area contributed by atoms with E-state index in [1.54, 1.807) is 12.1 Å². The summed E-state index contributed by atoms with van der Waals surface area (Å²) in [6.45, 7) is 3.93. The topological polar surface area (TPSA) is 35.6 Å². The number of hydrogen-bond acceptors (Lipinski definition) is 3. The third-order valence-corrected chi connectivity index (χ3v) is 3.77. The molecule has 0 aliphatic carbocycles. The van der Waals surface area contributed by atoms with Gasteiger partial charge in [0.05, 0.1) is 11.6 Å². The molecule has 1 aliphatic heterocycles. The number of halogens is 2. The fourth-order valence-corrected chi connectivity index (χ4v) is 2.45. The van der Waals surface area contributed by atoms with E-state index in [2.05, 4.69) is 5.32 Å². The largest absolute Gasteiger partial charge is 0.339 e. The number of nitrogens with one attached hydrogen (secondary N) is 1. The third-order valence-electron chi connectivity index (χ3n) is 3.35. The minimum atomic E-state index is -0.425. The van der Waals surface area contributed by atoms with Gasteiger partial charge in [-0.1, -0.05) is 23.7 Å². The Bertz CT molecular complexity index is 477. The van der Waals surface area contributed by atoms with Crippen LogP contribution in [0.1, 0.15) is 5.56 Å². The van der Waals surface area contributed by atoms with Crippen LogP contribution in [0.5, 0.6) is 0 Å². The second-order valence-corrected chi connectivity index (χ2v) is 5.39. The van der Waals surface area contributed by atoms with Crippen LogP contribution >= 0.6 is 11.6 Å². The first kappa shape index (κ1) is 15.2. The first-order chi connectivity index (χ1) is 9.58. The van der Waals surface area contributed by atoms with Crippen LogP contribution < -0.4 is 5.32 Å². The van der Waals surface area contributed by atoms with E-state index in [4.69, 9.17) is 11.6 Å². The van der Waals surface area contributed by atoms with E-state index in [0.717, 1.165) is 26.2 Å². The lowest BCUT2D eigenvalue weighted by atomic mass is 10.2. The van der Waals surface area contributed by atoms with Gasteiger partial charge >= 0.3 is 0 Å². The van der Waals surface area contributed by atoms with Crippen molar-refractivity contribution in [2.24, 2.45) is 0 Å². The molecule has 1 heterocycles. The Morgan fingerprint density at radius 1 is 1.45 bits per heavy atom. The van der Waals surface area contributed by atoms with Gasteiger partial charge in [-0.25, -0.2) is 4.39 Å². The number of benzene rings is 1. The van der Waals surface area contributed by atoms with Crippen LogP contribution in [0.15, 0.2) is 18.2 Å². The number of nitrogens with zero attached hydrogens (tertiary/aromatic N) is 2. The average molecular weight is 300 g/mol. The monoisotopic (exact) mass is 299 g/mol. The van der Waals surface area contributed by atoms with Crippen LogP contribution in [-0.2, 0) is 11.3 Å². The van der Waals surface area contributed by atoms with Gasteiger partial charge in [0.1, 0.15) is 5.82 Å². The van der Waals surface area contributed by atoms with Crippen molar-refractivity contribution in [2.75, 3.05) is 39.8 Å². The zero-order valence-electron chi connectivity index (χ0n) is 11.5. The first-order valence-corrected chi connectivity index (χ1v) is 7.05. The number of carbonyl (C=O) groups excluding carboxylic acids is 1. The molecule has 0 bridgehead atoms. The zero-order valence-corrected chi connectivity index (χ0v) is 12.3. The van der Waals surface area contributed by atoms with E-state index in [9.17, 15) is 9.18 Å². The molecule has 4 nitrogen and oxygen atoms in total. The Kier molecular flexibility index (Phi) is 5.34. The van der Waals surface area contributed by atoms with E-state index in [1.165, 1.54) is 6.07 Å². The Hall–Kier alpha value is -1.17. The number of piperazine rings is 1. The second-order valence-electron chi connectivity index (χ2n) is 5.02. The summed E-state index contributed by atoms with van der Waals surface area (Å²) in [7, 11) is 1.83. The van der Waals surface area contributed by atoms with Gasteiger partial charge < -0.3 is 10.2 Å². The highest BCUT2D eigenvalue weighted by Gasteiger charge is 2.18. The normalized spacial score (nSPS) is 15.7. The predicted molar refractivity (Wildman–Crippen MR) is 77.2 cm³/mol. The molecule has 0 atom stereocenters. The number of hydrogen-bond donors (Lipinski definition) is 1. The molecule has 2 rings (SSSR count). The summed E-state index contributed by atoms with van der Waals surface area (Å²) in [5.41, 5.74) is 0.697. The van der Waals surface area contributed by atoms with E-state index < -0.39 is 5.82 Å². The zero-order chi connectivity index (χ0) is 14.5. The molecule has 0 radical (unpaired) electrons. The van der Waals surface area contributed by atoms with Crippen molar-refractivity contribution in [1.82, 2.24) is 15.1 Å². The van der Waals surface area contributed by atoms with Gasteiger partial charge in [0.25, 0.3) is 0 Å². The van der Waals surface area contributed by atoms with Crippen molar-refractivity contribution < 1.29 is 9.18 Å². The first-order valence-electron chi connectivity index (χ1n) is 6.68. The lowest BCUT2D eigenvalue weighted by molar-refractivity contribution is -0.132. The Labute approximate surface area is 123 Å². The van der Waals surface area contributed by atoms with Crippen molar-refractivity contribution in [3.8, 4) is 0 Å². The maximum Gasteiger partial charge on any atom is 0.236 e. The second kappa shape index (κ2) is 7.02. The molecule has 1 amide bonds. The van der Waals surface area contributed by atoms with Crippen molar-refractivity contribution >= 4 is 17.5 Å². The highest BCUT2D eigenvalue weighted by molar-refractivity contribution is 6.31. The van der Waals surface area contributed by atoms with Crippen LogP contribution in [-0.4, -0.2) is 55.5 Å². The molecule has 0 spiro atoms. The van der Waals surface area contributed by atoms with Crippen molar-refractivity contribution in [1.29, 1.82) is 0 Å². The summed E-state index contributed by atoms with van der Waals surface area (Å²) in [4.78, 5) is 15.8. The maximum absolute atomic E-state index is 13.4. The minimum absolute atomic E-state index is 0.0986. The lowest BCUT2D eigenvalue weighted by Crippen LogP contribution is -2.49. The van der Waals surface area contributed by atoms with Gasteiger partial charge in [0.2, 0.25) is 5.91 Å². The van der Waals surface area contributed by atoms with Gasteiger partial charge in [-0.2, -0.15) is 0 Å². The SMILES string of the molecule is CN(CC(=O)N1CCNCC1)Cc1cccc(F)c1Cl. The standard InChI is InChI=1S/C14H19ClFN3O/c1-18(9-11-3-2-4-12(16)14(11)15)10-13(20)19-7-5-17-6-8-19/h2-4,17H,5-10H2,1H3. The minimum Gasteiger partial charge on any atom is -0.339 e. The fraction of sp³-hybridized carbons (Fsp3) is 0.500. The molecule has 1 aromatic rings. The summed E-state index contributed by atoms with van der Waals surface area (Å²) in [5, 5.41) is 3.34.